The van der Waals surface area contributed by atoms with Crippen LogP contribution in [-0.4, -0.2) is 0 Å². The number of hydrogen-bond acceptors (Lipinski definition) is 1. The summed E-state index contributed by atoms with van der Waals surface area (Å²) in [7, 11) is 0. The monoisotopic (exact) mass is 805 g/mol. The molecule has 0 amide bonds. The highest BCUT2D eigenvalue weighted by atomic mass is 15.1. The Balaban J connectivity index is 0.853. The number of para-hydroxylation sites is 2. The number of hydrogen-bond donors (Lipinski definition) is 0. The zero-order chi connectivity index (χ0) is 41.8. The van der Waals surface area contributed by atoms with Gasteiger partial charge in [-0.15, -0.1) is 0 Å². The van der Waals surface area contributed by atoms with Gasteiger partial charge in [-0.3, -0.25) is 0 Å². The van der Waals surface area contributed by atoms with Gasteiger partial charge in [-0.2, -0.15) is 0 Å². The Morgan fingerprint density at radius 1 is 0.516 bits per heavy atom. The Hall–Kier alpha value is -6.44. The van der Waals surface area contributed by atoms with E-state index in [1.165, 1.54) is 70.2 Å². The number of benzene rings is 6. The van der Waals surface area contributed by atoms with Crippen molar-refractivity contribution in [1.29, 1.82) is 0 Å². The smallest absolute Gasteiger partial charge is 0.0462 e. The third-order valence-electron chi connectivity index (χ3n) is 13.3. The quantitative estimate of drug-likeness (QED) is 0.0942. The highest BCUT2D eigenvalue weighted by molar-refractivity contribution is 5.78. The van der Waals surface area contributed by atoms with Gasteiger partial charge in [0.25, 0.3) is 0 Å². The first kappa shape index (κ1) is 40.9. The predicted octanol–water partition coefficient (Wildman–Crippen LogP) is 16.9. The Morgan fingerprint density at radius 2 is 1.15 bits per heavy atom. The van der Waals surface area contributed by atoms with Gasteiger partial charge >= 0.3 is 0 Å². The van der Waals surface area contributed by atoms with E-state index in [1.54, 1.807) is 5.57 Å². The van der Waals surface area contributed by atoms with Gasteiger partial charge in [0, 0.05) is 23.0 Å². The molecule has 0 bridgehead atoms. The molecule has 1 nitrogen and oxygen atoms in total. The maximum absolute atomic E-state index is 2.53. The van der Waals surface area contributed by atoms with Crippen molar-refractivity contribution >= 4 is 22.6 Å². The van der Waals surface area contributed by atoms with Crippen molar-refractivity contribution < 1.29 is 0 Å². The summed E-state index contributed by atoms with van der Waals surface area (Å²) in [5.74, 6) is 1.52. The lowest BCUT2D eigenvalue weighted by atomic mass is 9.77. The maximum atomic E-state index is 2.53. The molecule has 6 aromatic carbocycles. The minimum atomic E-state index is 0.404. The first-order valence-electron chi connectivity index (χ1n) is 23.1. The van der Waals surface area contributed by atoms with Crippen LogP contribution in [-0.2, 0) is 6.42 Å². The molecule has 6 aromatic rings. The highest BCUT2D eigenvalue weighted by Gasteiger charge is 2.23. The van der Waals surface area contributed by atoms with Gasteiger partial charge in [0.15, 0.2) is 0 Å². The molecule has 0 aromatic heterocycles. The Morgan fingerprint density at radius 3 is 1.76 bits per heavy atom. The summed E-state index contributed by atoms with van der Waals surface area (Å²) in [6, 6.07) is 60.2. The molecule has 3 atom stereocenters. The lowest BCUT2D eigenvalue weighted by Gasteiger charge is -2.28. The summed E-state index contributed by atoms with van der Waals surface area (Å²) >= 11 is 0. The van der Waals surface area contributed by atoms with Crippen LogP contribution in [0.25, 0.3) is 16.7 Å². The van der Waals surface area contributed by atoms with E-state index in [0.29, 0.717) is 17.8 Å². The van der Waals surface area contributed by atoms with E-state index >= 15 is 0 Å². The molecule has 3 unspecified atom stereocenters. The molecule has 0 aliphatic heterocycles. The van der Waals surface area contributed by atoms with Gasteiger partial charge < -0.3 is 4.90 Å². The van der Waals surface area contributed by atoms with Gasteiger partial charge in [0.2, 0.25) is 0 Å². The normalized spacial score (nSPS) is 16.8. The van der Waals surface area contributed by atoms with Gasteiger partial charge in [0.1, 0.15) is 0 Å². The van der Waals surface area contributed by atoms with Crippen LogP contribution in [0.4, 0.5) is 17.1 Å². The first-order valence-corrected chi connectivity index (χ1v) is 23.1. The van der Waals surface area contributed by atoms with E-state index in [-0.39, 0.29) is 0 Å². The van der Waals surface area contributed by atoms with Crippen molar-refractivity contribution in [3.05, 3.63) is 252 Å². The zero-order valence-corrected chi connectivity index (χ0v) is 36.0. The van der Waals surface area contributed by atoms with Gasteiger partial charge in [-0.1, -0.05) is 193 Å². The van der Waals surface area contributed by atoms with E-state index in [9.17, 15) is 0 Å². The second-order valence-corrected chi connectivity index (χ2v) is 17.3. The number of aryl methyl sites for hydroxylation is 1. The topological polar surface area (TPSA) is 3.24 Å². The van der Waals surface area contributed by atoms with E-state index in [1.807, 2.05) is 0 Å². The van der Waals surface area contributed by atoms with Crippen molar-refractivity contribution in [3.8, 4) is 11.1 Å². The summed E-state index contributed by atoms with van der Waals surface area (Å²) < 4.78 is 0. The molecule has 0 N–H and O–H groups in total. The van der Waals surface area contributed by atoms with Gasteiger partial charge in [0.05, 0.1) is 0 Å². The summed E-state index contributed by atoms with van der Waals surface area (Å²) in [5, 5.41) is 0. The molecular weight excluding hydrogens is 747 g/mol. The minimum Gasteiger partial charge on any atom is -0.311 e. The van der Waals surface area contributed by atoms with Crippen LogP contribution in [0.15, 0.2) is 230 Å². The lowest BCUT2D eigenvalue weighted by Crippen LogP contribution is -2.16. The summed E-state index contributed by atoms with van der Waals surface area (Å²) in [6.07, 6.45) is 33.0. The number of anilines is 3. The van der Waals surface area contributed by atoms with Gasteiger partial charge in [-0.05, 0) is 151 Å². The Labute approximate surface area is 370 Å². The Kier molecular flexibility index (Phi) is 13.5. The van der Waals surface area contributed by atoms with Crippen LogP contribution in [0.1, 0.15) is 86.0 Å². The average molecular weight is 806 g/mol. The van der Waals surface area contributed by atoms with E-state index < -0.39 is 0 Å². The van der Waals surface area contributed by atoms with Crippen molar-refractivity contribution in [2.45, 2.75) is 70.1 Å². The van der Waals surface area contributed by atoms with Crippen molar-refractivity contribution in [2.24, 2.45) is 11.8 Å². The summed E-state index contributed by atoms with van der Waals surface area (Å²) in [5.41, 5.74) is 16.0. The fraction of sp³-hybridized carbons (Fsp3) is 0.213. The molecule has 1 heteroatoms. The molecule has 308 valence electrons. The fourth-order valence-corrected chi connectivity index (χ4v) is 9.72. The van der Waals surface area contributed by atoms with Crippen LogP contribution in [0.2, 0.25) is 0 Å². The average Bonchev–Trinajstić information content (AvgIpc) is 3.35. The van der Waals surface area contributed by atoms with E-state index in [0.717, 1.165) is 55.6 Å². The van der Waals surface area contributed by atoms with Crippen LogP contribution >= 0.6 is 0 Å². The molecule has 0 spiro atoms. The lowest BCUT2D eigenvalue weighted by molar-refractivity contribution is 0.368. The van der Waals surface area contributed by atoms with E-state index in [2.05, 4.69) is 223 Å². The predicted molar refractivity (Wildman–Crippen MR) is 265 cm³/mol. The van der Waals surface area contributed by atoms with Crippen molar-refractivity contribution in [1.82, 2.24) is 0 Å². The molecule has 0 radical (unpaired) electrons. The van der Waals surface area contributed by atoms with Crippen molar-refractivity contribution in [2.75, 3.05) is 4.90 Å². The standard InChI is InChI=1S/C61H59N/c1-6-16-47(17-7-1)29-45-61(55-20-10-3-11-21-55)56-39-37-52(38-40-56)51-33-35-54(36-34-51)57(46-49-18-8-2-9-19-49)32-28-48-26-30-50(31-27-48)53-41-43-60(44-42-53)62(58-22-12-4-13-23-58)59-24-14-5-15-25-59/h1,3-6,8,10-16,18-27,30-31,33-35,37-44,54,57,61H,2,7,9,17,28-29,32,36,45-46H2. The van der Waals surface area contributed by atoms with E-state index in [4.69, 9.17) is 0 Å². The van der Waals surface area contributed by atoms with Crippen LogP contribution in [0.3, 0.4) is 0 Å². The van der Waals surface area contributed by atoms with Crippen LogP contribution in [0.5, 0.6) is 0 Å². The Bertz CT molecular complexity index is 2490. The molecular formula is C61H59N. The summed E-state index contributed by atoms with van der Waals surface area (Å²) in [6.45, 7) is 0. The molecule has 0 heterocycles. The largest absolute Gasteiger partial charge is 0.311 e. The highest BCUT2D eigenvalue weighted by Crippen LogP contribution is 2.38. The SMILES string of the molecule is C1=CCCC(CCC(c2ccccc2)c2ccc(C3=CCC(C(CCc4ccc(-c5ccc(N(c6ccccc6)c6ccccc6)cc5)cc4)CC4=CCCC=C4)C=C3)cc2)=C1. The molecule has 3 aliphatic rings. The third kappa shape index (κ3) is 10.4. The van der Waals surface area contributed by atoms with Crippen molar-refractivity contribution in [3.63, 3.8) is 0 Å². The number of allylic oxidation sites excluding steroid dienone is 12. The number of rotatable bonds is 16. The molecule has 62 heavy (non-hydrogen) atoms. The minimum absolute atomic E-state index is 0.404. The third-order valence-corrected chi connectivity index (χ3v) is 13.3. The van der Waals surface area contributed by atoms with Crippen LogP contribution < -0.4 is 4.90 Å². The maximum Gasteiger partial charge on any atom is 0.0462 e. The molecule has 0 saturated heterocycles. The molecule has 3 aliphatic carbocycles. The molecule has 0 fully saturated rings. The first-order chi connectivity index (χ1) is 30.7. The second-order valence-electron chi connectivity index (χ2n) is 17.3. The summed E-state index contributed by atoms with van der Waals surface area (Å²) in [4.78, 5) is 2.31. The fourth-order valence-electron chi connectivity index (χ4n) is 9.72. The second kappa shape index (κ2) is 20.4. The number of nitrogens with zero attached hydrogens (tertiary/aromatic N) is 1. The molecule has 0 saturated carbocycles. The molecule has 9 rings (SSSR count). The van der Waals surface area contributed by atoms with Crippen LogP contribution in [0, 0.1) is 11.8 Å². The van der Waals surface area contributed by atoms with Gasteiger partial charge in [-0.25, -0.2) is 0 Å². The zero-order valence-electron chi connectivity index (χ0n) is 36.0.